The Balaban J connectivity index is 1.68. The van der Waals surface area contributed by atoms with Crippen molar-refractivity contribution in [2.45, 2.75) is 39.2 Å². The van der Waals surface area contributed by atoms with Crippen LogP contribution in [0, 0.1) is 0 Å². The number of esters is 1. The van der Waals surface area contributed by atoms with E-state index < -0.39 is 5.97 Å². The number of amides is 1. The summed E-state index contributed by atoms with van der Waals surface area (Å²) in [5, 5.41) is 3.13. The van der Waals surface area contributed by atoms with E-state index in [0.29, 0.717) is 40.9 Å². The number of nitrogens with one attached hydrogen (secondary N) is 1. The number of ether oxygens (including phenoxy) is 1. The van der Waals surface area contributed by atoms with E-state index in [9.17, 15) is 9.59 Å². The third kappa shape index (κ3) is 4.90. The molecule has 0 saturated carbocycles. The quantitative estimate of drug-likeness (QED) is 0.284. The van der Waals surface area contributed by atoms with E-state index in [0.717, 1.165) is 28.7 Å². The van der Waals surface area contributed by atoms with Gasteiger partial charge in [-0.3, -0.25) is 9.78 Å². The first-order valence-electron chi connectivity index (χ1n) is 12.8. The highest BCUT2D eigenvalue weighted by Gasteiger charge is 2.37. The smallest absolute Gasteiger partial charge is 0.340 e. The largest absolute Gasteiger partial charge is 0.462 e. The molecule has 0 radical (unpaired) electrons. The second-order valence-electron chi connectivity index (χ2n) is 9.20. The molecule has 2 heterocycles. The molecular formula is C32H30N2O3. The Morgan fingerprint density at radius 3 is 2.11 bits per heavy atom. The molecule has 1 N–H and O–H groups in total. The van der Waals surface area contributed by atoms with Gasteiger partial charge >= 0.3 is 5.97 Å². The van der Waals surface area contributed by atoms with Crippen LogP contribution >= 0.6 is 0 Å². The maximum absolute atomic E-state index is 13.4. The van der Waals surface area contributed by atoms with Crippen LogP contribution in [0.4, 0.5) is 0 Å². The van der Waals surface area contributed by atoms with Crippen LogP contribution in [0.2, 0.25) is 0 Å². The first-order chi connectivity index (χ1) is 18.1. The molecule has 37 heavy (non-hydrogen) atoms. The van der Waals surface area contributed by atoms with Crippen LogP contribution in [-0.4, -0.2) is 23.5 Å². The Morgan fingerprint density at radius 2 is 1.46 bits per heavy atom. The number of nitrogens with zero attached hydrogens (tertiary/aromatic N) is 1. The molecule has 5 heteroatoms. The van der Waals surface area contributed by atoms with E-state index in [4.69, 9.17) is 9.72 Å². The van der Waals surface area contributed by atoms with Crippen molar-refractivity contribution in [3.8, 4) is 22.3 Å². The number of hydrogen-bond donors (Lipinski definition) is 1. The minimum absolute atomic E-state index is 0.209. The lowest BCUT2D eigenvalue weighted by atomic mass is 9.89. The zero-order valence-corrected chi connectivity index (χ0v) is 21.2. The van der Waals surface area contributed by atoms with Crippen molar-refractivity contribution in [3.05, 3.63) is 113 Å². The number of hydrogen-bond acceptors (Lipinski definition) is 4. The second kappa shape index (κ2) is 10.8. The summed E-state index contributed by atoms with van der Waals surface area (Å²) >= 11 is 0. The predicted molar refractivity (Wildman–Crippen MR) is 145 cm³/mol. The van der Waals surface area contributed by atoms with Gasteiger partial charge in [-0.05, 0) is 42.0 Å². The average molecular weight is 491 g/mol. The number of aromatic nitrogens is 1. The molecule has 3 aromatic carbocycles. The number of pyridine rings is 1. The summed E-state index contributed by atoms with van der Waals surface area (Å²) in [5.41, 5.74) is 6.93. The van der Waals surface area contributed by atoms with Gasteiger partial charge in [-0.15, -0.1) is 0 Å². The fourth-order valence-corrected chi connectivity index (χ4v) is 5.02. The van der Waals surface area contributed by atoms with Crippen molar-refractivity contribution in [1.82, 2.24) is 10.3 Å². The predicted octanol–water partition coefficient (Wildman–Crippen LogP) is 6.57. The second-order valence-corrected chi connectivity index (χ2v) is 9.20. The molecule has 5 rings (SSSR count). The highest BCUT2D eigenvalue weighted by atomic mass is 16.5. The lowest BCUT2D eigenvalue weighted by Gasteiger charge is -2.18. The van der Waals surface area contributed by atoms with E-state index in [-0.39, 0.29) is 18.6 Å². The molecule has 1 aliphatic rings. The fraction of sp³-hybridized carbons (Fsp3) is 0.219. The summed E-state index contributed by atoms with van der Waals surface area (Å²) in [6.45, 7) is 4.09. The fourth-order valence-electron chi connectivity index (χ4n) is 5.02. The normalized spacial score (nSPS) is 14.2. The monoisotopic (exact) mass is 490 g/mol. The highest BCUT2D eigenvalue weighted by molar-refractivity contribution is 6.10. The molecule has 1 amide bonds. The van der Waals surface area contributed by atoms with Gasteiger partial charge in [0.05, 0.1) is 35.2 Å². The molecule has 0 fully saturated rings. The average Bonchev–Trinajstić information content (AvgIpc) is 3.23. The molecule has 0 bridgehead atoms. The first kappa shape index (κ1) is 24.4. The molecule has 0 spiro atoms. The van der Waals surface area contributed by atoms with Crippen LogP contribution in [0.1, 0.15) is 64.0 Å². The van der Waals surface area contributed by atoms with Gasteiger partial charge in [0.1, 0.15) is 0 Å². The molecule has 4 aromatic rings. The van der Waals surface area contributed by atoms with Crippen molar-refractivity contribution in [2.24, 2.45) is 0 Å². The van der Waals surface area contributed by atoms with E-state index in [1.807, 2.05) is 72.8 Å². The lowest BCUT2D eigenvalue weighted by molar-refractivity contribution is 0.0525. The highest BCUT2D eigenvalue weighted by Crippen LogP contribution is 2.39. The molecule has 1 unspecified atom stereocenters. The number of carbonyl (C=O) groups is 2. The molecular weight excluding hydrogens is 460 g/mol. The maximum atomic E-state index is 13.4. The number of aryl methyl sites for hydroxylation is 1. The van der Waals surface area contributed by atoms with Crippen molar-refractivity contribution in [1.29, 1.82) is 0 Å². The Hall–Kier alpha value is -4.25. The van der Waals surface area contributed by atoms with Gasteiger partial charge in [-0.2, -0.15) is 0 Å². The lowest BCUT2D eigenvalue weighted by Crippen LogP contribution is -2.21. The summed E-state index contributed by atoms with van der Waals surface area (Å²) < 4.78 is 5.48. The van der Waals surface area contributed by atoms with E-state index >= 15 is 0 Å². The number of benzene rings is 3. The summed E-state index contributed by atoms with van der Waals surface area (Å²) in [4.78, 5) is 31.7. The van der Waals surface area contributed by atoms with Crippen molar-refractivity contribution in [2.75, 3.05) is 6.61 Å². The summed E-state index contributed by atoms with van der Waals surface area (Å²) in [7, 11) is 0. The van der Waals surface area contributed by atoms with Crippen LogP contribution in [0.25, 0.3) is 22.3 Å². The van der Waals surface area contributed by atoms with Gasteiger partial charge in [-0.1, -0.05) is 98.3 Å². The minimum atomic E-state index is -0.442. The minimum Gasteiger partial charge on any atom is -0.462 e. The van der Waals surface area contributed by atoms with Gasteiger partial charge in [-0.25, -0.2) is 4.79 Å². The Bertz CT molecular complexity index is 1410. The van der Waals surface area contributed by atoms with Crippen LogP contribution in [0.15, 0.2) is 84.9 Å². The summed E-state index contributed by atoms with van der Waals surface area (Å²) in [6, 6.07) is 27.9. The molecule has 5 nitrogen and oxygen atoms in total. The van der Waals surface area contributed by atoms with Crippen molar-refractivity contribution < 1.29 is 14.3 Å². The maximum Gasteiger partial charge on any atom is 0.340 e. The Morgan fingerprint density at radius 1 is 0.838 bits per heavy atom. The van der Waals surface area contributed by atoms with Gasteiger partial charge in [0, 0.05) is 5.56 Å². The van der Waals surface area contributed by atoms with Gasteiger partial charge in [0.15, 0.2) is 0 Å². The zero-order valence-electron chi connectivity index (χ0n) is 21.2. The molecule has 0 saturated heterocycles. The van der Waals surface area contributed by atoms with Crippen molar-refractivity contribution in [3.63, 3.8) is 0 Å². The molecule has 1 atom stereocenters. The number of carbonyl (C=O) groups excluding carboxylic acids is 2. The topological polar surface area (TPSA) is 68.3 Å². The van der Waals surface area contributed by atoms with E-state index in [1.54, 1.807) is 6.92 Å². The third-order valence-corrected chi connectivity index (χ3v) is 6.69. The van der Waals surface area contributed by atoms with E-state index in [2.05, 4.69) is 24.4 Å². The van der Waals surface area contributed by atoms with Crippen LogP contribution in [-0.2, 0) is 17.6 Å². The summed E-state index contributed by atoms with van der Waals surface area (Å²) in [6.07, 6.45) is 2.06. The molecule has 1 aromatic heterocycles. The van der Waals surface area contributed by atoms with Crippen molar-refractivity contribution >= 4 is 11.9 Å². The number of fused-ring (bicyclic) bond motifs is 1. The molecule has 1 aliphatic heterocycles. The Labute approximate surface area is 217 Å². The molecule has 0 aliphatic carbocycles. The summed E-state index contributed by atoms with van der Waals surface area (Å²) in [5.74, 6) is -0.651. The third-order valence-electron chi connectivity index (χ3n) is 6.69. The van der Waals surface area contributed by atoms with Gasteiger partial charge < -0.3 is 10.1 Å². The Kier molecular flexibility index (Phi) is 7.13. The standard InChI is InChI=1S/C32H30N2O3/c1-3-11-25-28(32(36)37-4-2)27(24-18-16-23(17-19-24)22-14-9-6-10-15-22)29-30(33-25)26(34-31(29)35)20-21-12-7-5-8-13-21/h5-10,12-19,26H,3-4,11,20H2,1-2H3,(H,34,35). The van der Waals surface area contributed by atoms with Crippen LogP contribution in [0.3, 0.4) is 0 Å². The van der Waals surface area contributed by atoms with Crippen LogP contribution in [0.5, 0.6) is 0 Å². The van der Waals surface area contributed by atoms with Crippen LogP contribution < -0.4 is 5.32 Å². The first-order valence-corrected chi connectivity index (χ1v) is 12.8. The van der Waals surface area contributed by atoms with Gasteiger partial charge in [0.25, 0.3) is 5.91 Å². The van der Waals surface area contributed by atoms with E-state index in [1.165, 1.54) is 0 Å². The zero-order chi connectivity index (χ0) is 25.8. The van der Waals surface area contributed by atoms with Gasteiger partial charge in [0.2, 0.25) is 0 Å². The SMILES string of the molecule is CCCc1nc2c(c(-c3ccc(-c4ccccc4)cc3)c1C(=O)OCC)C(=O)NC2Cc1ccccc1. The molecule has 186 valence electrons. The number of rotatable bonds is 8.